The van der Waals surface area contributed by atoms with Crippen molar-refractivity contribution >= 4 is 11.9 Å². The van der Waals surface area contributed by atoms with Gasteiger partial charge in [-0.15, -0.1) is 0 Å². The first-order chi connectivity index (χ1) is 5.43. The highest BCUT2D eigenvalue weighted by Crippen LogP contribution is 1.98. The normalized spacial score (nSPS) is 10.0. The minimum Gasteiger partial charge on any atom is -0.480 e. The first-order valence-corrected chi connectivity index (χ1v) is 3.90. The van der Waals surface area contributed by atoms with Crippen molar-refractivity contribution < 1.29 is 14.7 Å². The van der Waals surface area contributed by atoms with Gasteiger partial charge in [0.25, 0.3) is 0 Å². The van der Waals surface area contributed by atoms with Crippen LogP contribution in [0.4, 0.5) is 0 Å². The second kappa shape index (κ2) is 4.74. The number of rotatable bonds is 4. The molecule has 0 aromatic rings. The van der Waals surface area contributed by atoms with E-state index in [4.69, 9.17) is 5.11 Å². The molecule has 70 valence electrons. The number of hydrogen-bond acceptors (Lipinski definition) is 2. The lowest BCUT2D eigenvalue weighted by Gasteiger charge is -2.20. The number of carbonyl (C=O) groups excluding carboxylic acids is 1. The molecule has 4 heteroatoms. The summed E-state index contributed by atoms with van der Waals surface area (Å²) in [5.74, 6) is -0.856. The van der Waals surface area contributed by atoms with Gasteiger partial charge in [0, 0.05) is 13.5 Å². The summed E-state index contributed by atoms with van der Waals surface area (Å²) in [6, 6.07) is 0. The molecule has 0 fully saturated rings. The fourth-order valence-corrected chi connectivity index (χ4v) is 0.908. The third-order valence-corrected chi connectivity index (χ3v) is 1.36. The van der Waals surface area contributed by atoms with E-state index in [1.165, 1.54) is 11.8 Å². The van der Waals surface area contributed by atoms with Gasteiger partial charge in [-0.3, -0.25) is 9.59 Å². The number of carboxylic acids is 1. The minimum atomic E-state index is -0.967. The van der Waals surface area contributed by atoms with Crippen LogP contribution in [0.2, 0.25) is 0 Å². The summed E-state index contributed by atoms with van der Waals surface area (Å²) < 4.78 is 0. The van der Waals surface area contributed by atoms with Crippen LogP contribution in [0.3, 0.4) is 0 Å². The maximum Gasteiger partial charge on any atom is 0.323 e. The second-order valence-corrected chi connectivity index (χ2v) is 3.19. The average Bonchev–Trinajstić information content (AvgIpc) is 1.83. The number of carboxylic acid groups (broad SMARTS) is 1. The van der Waals surface area contributed by atoms with E-state index in [1.807, 2.05) is 13.8 Å². The van der Waals surface area contributed by atoms with Crippen molar-refractivity contribution in [3.05, 3.63) is 0 Å². The molecule has 0 unspecified atom stereocenters. The van der Waals surface area contributed by atoms with Crippen LogP contribution in [-0.4, -0.2) is 35.0 Å². The van der Waals surface area contributed by atoms with Crippen molar-refractivity contribution in [2.24, 2.45) is 5.92 Å². The average molecular weight is 173 g/mol. The summed E-state index contributed by atoms with van der Waals surface area (Å²) in [5.41, 5.74) is 0. The van der Waals surface area contributed by atoms with Crippen molar-refractivity contribution in [2.75, 3.05) is 13.1 Å². The lowest BCUT2D eigenvalue weighted by atomic mass is 10.2. The van der Waals surface area contributed by atoms with Gasteiger partial charge in [-0.1, -0.05) is 13.8 Å². The summed E-state index contributed by atoms with van der Waals surface area (Å²) in [4.78, 5) is 22.5. The lowest BCUT2D eigenvalue weighted by molar-refractivity contribution is -0.143. The van der Waals surface area contributed by atoms with Gasteiger partial charge in [-0.2, -0.15) is 0 Å². The second-order valence-electron chi connectivity index (χ2n) is 3.19. The molecule has 0 aliphatic heterocycles. The predicted octanol–water partition coefficient (Wildman–Crippen LogP) is 0.575. The van der Waals surface area contributed by atoms with Crippen LogP contribution in [-0.2, 0) is 9.59 Å². The molecule has 0 radical (unpaired) electrons. The Kier molecular flexibility index (Phi) is 4.33. The van der Waals surface area contributed by atoms with E-state index >= 15 is 0 Å². The van der Waals surface area contributed by atoms with Crippen molar-refractivity contribution in [3.63, 3.8) is 0 Å². The maximum atomic E-state index is 10.9. The molecule has 0 aromatic carbocycles. The van der Waals surface area contributed by atoms with E-state index in [9.17, 15) is 9.59 Å². The molecule has 1 amide bonds. The quantitative estimate of drug-likeness (QED) is 0.676. The van der Waals surface area contributed by atoms with Gasteiger partial charge in [0.15, 0.2) is 0 Å². The number of carbonyl (C=O) groups is 2. The van der Waals surface area contributed by atoms with Crippen LogP contribution < -0.4 is 0 Å². The highest BCUT2D eigenvalue weighted by atomic mass is 16.4. The van der Waals surface area contributed by atoms with Crippen LogP contribution in [0.1, 0.15) is 20.8 Å². The minimum absolute atomic E-state index is 0.189. The van der Waals surface area contributed by atoms with Gasteiger partial charge in [0.05, 0.1) is 0 Å². The molecule has 0 bridgehead atoms. The van der Waals surface area contributed by atoms with Gasteiger partial charge in [0.1, 0.15) is 6.54 Å². The summed E-state index contributed by atoms with van der Waals surface area (Å²) >= 11 is 0. The zero-order valence-corrected chi connectivity index (χ0v) is 7.70. The van der Waals surface area contributed by atoms with E-state index in [-0.39, 0.29) is 12.5 Å². The molecule has 0 aliphatic rings. The Morgan fingerprint density at radius 3 is 2.17 bits per heavy atom. The van der Waals surface area contributed by atoms with Gasteiger partial charge in [0.2, 0.25) is 5.91 Å². The Morgan fingerprint density at radius 2 is 1.92 bits per heavy atom. The van der Waals surface area contributed by atoms with Gasteiger partial charge in [-0.05, 0) is 5.92 Å². The number of hydrogen-bond donors (Lipinski definition) is 1. The molecule has 4 nitrogen and oxygen atoms in total. The van der Waals surface area contributed by atoms with Gasteiger partial charge < -0.3 is 10.0 Å². The highest BCUT2D eigenvalue weighted by molar-refractivity contribution is 5.79. The summed E-state index contributed by atoms with van der Waals surface area (Å²) in [6.07, 6.45) is 0. The zero-order chi connectivity index (χ0) is 9.72. The SMILES string of the molecule is CC(=O)N(CC(=O)O)CC(C)C. The predicted molar refractivity (Wildman–Crippen MR) is 44.7 cm³/mol. The standard InChI is InChI=1S/C8H15NO3/c1-6(2)4-9(7(3)10)5-8(11)12/h6H,4-5H2,1-3H3,(H,11,12). The topological polar surface area (TPSA) is 57.6 Å². The van der Waals surface area contributed by atoms with Crippen LogP contribution in [0.5, 0.6) is 0 Å². The summed E-state index contributed by atoms with van der Waals surface area (Å²) in [6.45, 7) is 5.57. The van der Waals surface area contributed by atoms with Crippen LogP contribution in [0.15, 0.2) is 0 Å². The smallest absolute Gasteiger partial charge is 0.323 e. The van der Waals surface area contributed by atoms with Crippen LogP contribution in [0.25, 0.3) is 0 Å². The first-order valence-electron chi connectivity index (χ1n) is 3.90. The van der Waals surface area contributed by atoms with Gasteiger partial charge >= 0.3 is 5.97 Å². The summed E-state index contributed by atoms with van der Waals surface area (Å²) in [7, 11) is 0. The van der Waals surface area contributed by atoms with Crippen molar-refractivity contribution in [1.82, 2.24) is 4.90 Å². The molecular weight excluding hydrogens is 158 g/mol. The number of aliphatic carboxylic acids is 1. The Labute approximate surface area is 72.2 Å². The van der Waals surface area contributed by atoms with Crippen LogP contribution in [0, 0.1) is 5.92 Å². The molecular formula is C8H15NO3. The molecule has 0 aromatic heterocycles. The van der Waals surface area contributed by atoms with Crippen molar-refractivity contribution in [1.29, 1.82) is 0 Å². The van der Waals surface area contributed by atoms with E-state index in [1.54, 1.807) is 0 Å². The lowest BCUT2D eigenvalue weighted by Crippen LogP contribution is -2.36. The molecule has 0 aliphatic carbocycles. The molecule has 0 heterocycles. The zero-order valence-electron chi connectivity index (χ0n) is 7.70. The fourth-order valence-electron chi connectivity index (χ4n) is 0.908. The van der Waals surface area contributed by atoms with E-state index in [2.05, 4.69) is 0 Å². The van der Waals surface area contributed by atoms with Gasteiger partial charge in [-0.25, -0.2) is 0 Å². The number of nitrogens with zero attached hydrogens (tertiary/aromatic N) is 1. The van der Waals surface area contributed by atoms with Crippen molar-refractivity contribution in [2.45, 2.75) is 20.8 Å². The molecule has 0 saturated carbocycles. The maximum absolute atomic E-state index is 10.9. The van der Waals surface area contributed by atoms with E-state index < -0.39 is 5.97 Å². The molecule has 0 spiro atoms. The third-order valence-electron chi connectivity index (χ3n) is 1.36. The fraction of sp³-hybridized carbons (Fsp3) is 0.750. The Hall–Kier alpha value is -1.06. The monoisotopic (exact) mass is 173 g/mol. The molecule has 0 saturated heterocycles. The summed E-state index contributed by atoms with van der Waals surface area (Å²) in [5, 5.41) is 8.45. The molecule has 0 atom stereocenters. The molecule has 12 heavy (non-hydrogen) atoms. The molecule has 0 rings (SSSR count). The van der Waals surface area contributed by atoms with E-state index in [0.29, 0.717) is 12.5 Å². The Morgan fingerprint density at radius 1 is 1.42 bits per heavy atom. The first kappa shape index (κ1) is 10.9. The van der Waals surface area contributed by atoms with Crippen molar-refractivity contribution in [3.8, 4) is 0 Å². The number of amides is 1. The van der Waals surface area contributed by atoms with Crippen LogP contribution >= 0.6 is 0 Å². The highest BCUT2D eigenvalue weighted by Gasteiger charge is 2.13. The Balaban J connectivity index is 4.04. The molecule has 1 N–H and O–H groups in total. The van der Waals surface area contributed by atoms with E-state index in [0.717, 1.165) is 0 Å². The largest absolute Gasteiger partial charge is 0.480 e. The third kappa shape index (κ3) is 4.71. The Bertz CT molecular complexity index is 177.